The summed E-state index contributed by atoms with van der Waals surface area (Å²) in [6.07, 6.45) is 3.52. The number of rotatable bonds is 7. The lowest BCUT2D eigenvalue weighted by Gasteiger charge is -2.09. The molecule has 1 aromatic heterocycles. The highest BCUT2D eigenvalue weighted by atomic mass is 16.1. The van der Waals surface area contributed by atoms with E-state index in [0.717, 1.165) is 18.5 Å². The van der Waals surface area contributed by atoms with Gasteiger partial charge in [-0.1, -0.05) is 48.0 Å². The van der Waals surface area contributed by atoms with E-state index < -0.39 is 0 Å². The molecule has 0 saturated heterocycles. The molecule has 0 aliphatic carbocycles. The van der Waals surface area contributed by atoms with Crippen molar-refractivity contribution in [1.82, 2.24) is 10.3 Å². The Morgan fingerprint density at radius 3 is 2.54 bits per heavy atom. The lowest BCUT2D eigenvalue weighted by atomic mass is 10.1. The number of carbonyl (C=O) groups excluding carboxylic acids is 1. The summed E-state index contributed by atoms with van der Waals surface area (Å²) >= 11 is 0. The number of aromatic nitrogens is 1. The topological polar surface area (TPSA) is 54.0 Å². The van der Waals surface area contributed by atoms with Crippen molar-refractivity contribution in [3.8, 4) is 0 Å². The minimum atomic E-state index is -0.0765. The zero-order chi connectivity index (χ0) is 18.2. The Bertz CT molecular complexity index is 845. The molecular formula is C22H23N3O. The number of nitrogens with one attached hydrogen (secondary N) is 2. The lowest BCUT2D eigenvalue weighted by Crippen LogP contribution is -2.24. The number of nitrogens with zero attached hydrogens (tertiary/aromatic N) is 1. The van der Waals surface area contributed by atoms with E-state index >= 15 is 0 Å². The summed E-state index contributed by atoms with van der Waals surface area (Å²) < 4.78 is 0. The van der Waals surface area contributed by atoms with Crippen molar-refractivity contribution in [3.05, 3.63) is 89.6 Å². The summed E-state index contributed by atoms with van der Waals surface area (Å²) in [5.74, 6) is 0.582. The smallest absolute Gasteiger partial charge is 0.251 e. The molecule has 0 fully saturated rings. The second kappa shape index (κ2) is 8.81. The Morgan fingerprint density at radius 1 is 1.00 bits per heavy atom. The predicted molar refractivity (Wildman–Crippen MR) is 106 cm³/mol. The zero-order valence-corrected chi connectivity index (χ0v) is 14.9. The highest BCUT2D eigenvalue weighted by Crippen LogP contribution is 2.16. The monoisotopic (exact) mass is 345 g/mol. The third kappa shape index (κ3) is 5.18. The molecule has 132 valence electrons. The summed E-state index contributed by atoms with van der Waals surface area (Å²) in [5, 5.41) is 6.20. The average Bonchev–Trinajstić information content (AvgIpc) is 2.68. The second-order valence-corrected chi connectivity index (χ2v) is 6.27. The van der Waals surface area contributed by atoms with Gasteiger partial charge in [0.05, 0.1) is 0 Å². The number of amides is 1. The average molecular weight is 345 g/mol. The largest absolute Gasteiger partial charge is 0.352 e. The Morgan fingerprint density at radius 2 is 1.77 bits per heavy atom. The van der Waals surface area contributed by atoms with Gasteiger partial charge < -0.3 is 10.6 Å². The van der Waals surface area contributed by atoms with Gasteiger partial charge in [-0.05, 0) is 49.6 Å². The molecule has 4 heteroatoms. The number of benzene rings is 2. The van der Waals surface area contributed by atoms with Crippen LogP contribution in [0.1, 0.15) is 27.9 Å². The number of pyridine rings is 1. The fourth-order valence-corrected chi connectivity index (χ4v) is 2.67. The van der Waals surface area contributed by atoms with Gasteiger partial charge in [0.2, 0.25) is 0 Å². The number of aryl methyl sites for hydroxylation is 2. The molecule has 2 aromatic carbocycles. The van der Waals surface area contributed by atoms with Crippen molar-refractivity contribution in [2.24, 2.45) is 0 Å². The number of hydrogen-bond donors (Lipinski definition) is 2. The van der Waals surface area contributed by atoms with E-state index in [0.29, 0.717) is 17.9 Å². The molecule has 3 rings (SSSR count). The van der Waals surface area contributed by atoms with Crippen LogP contribution in [0.3, 0.4) is 0 Å². The Hall–Kier alpha value is -3.14. The maximum Gasteiger partial charge on any atom is 0.251 e. The maximum atomic E-state index is 12.3. The van der Waals surface area contributed by atoms with Crippen LogP contribution in [0, 0.1) is 6.92 Å². The molecular weight excluding hydrogens is 322 g/mol. The molecule has 26 heavy (non-hydrogen) atoms. The third-order valence-electron chi connectivity index (χ3n) is 4.12. The van der Waals surface area contributed by atoms with Crippen LogP contribution in [0.4, 0.5) is 11.5 Å². The fourth-order valence-electron chi connectivity index (χ4n) is 2.67. The van der Waals surface area contributed by atoms with Crippen molar-refractivity contribution >= 4 is 17.4 Å². The molecule has 0 atom stereocenters. The standard InChI is InChI=1S/C22H23N3O/c1-17-9-11-20(12-10-17)25-21-16-19(13-15-23-21)22(26)24-14-5-8-18-6-3-2-4-7-18/h2-4,6-7,9-13,15-16H,5,8,14H2,1H3,(H,23,25)(H,24,26). The molecule has 0 radical (unpaired) electrons. The van der Waals surface area contributed by atoms with Crippen molar-refractivity contribution in [2.45, 2.75) is 19.8 Å². The van der Waals surface area contributed by atoms with Gasteiger partial charge in [0.15, 0.2) is 0 Å². The molecule has 3 aromatic rings. The first-order valence-electron chi connectivity index (χ1n) is 8.82. The molecule has 1 heterocycles. The summed E-state index contributed by atoms with van der Waals surface area (Å²) in [4.78, 5) is 16.6. The quantitative estimate of drug-likeness (QED) is 0.620. The maximum absolute atomic E-state index is 12.3. The van der Waals surface area contributed by atoms with Gasteiger partial charge in [0.1, 0.15) is 5.82 Å². The molecule has 1 amide bonds. The van der Waals surface area contributed by atoms with Gasteiger partial charge in [0.25, 0.3) is 5.91 Å². The van der Waals surface area contributed by atoms with E-state index in [1.807, 2.05) is 49.4 Å². The van der Waals surface area contributed by atoms with Gasteiger partial charge >= 0.3 is 0 Å². The van der Waals surface area contributed by atoms with Gasteiger partial charge in [-0.3, -0.25) is 4.79 Å². The van der Waals surface area contributed by atoms with E-state index in [9.17, 15) is 4.79 Å². The van der Waals surface area contributed by atoms with E-state index in [2.05, 4.69) is 27.8 Å². The number of anilines is 2. The Kier molecular flexibility index (Phi) is 5.99. The van der Waals surface area contributed by atoms with E-state index in [-0.39, 0.29) is 5.91 Å². The molecule has 0 bridgehead atoms. The van der Waals surface area contributed by atoms with E-state index in [4.69, 9.17) is 0 Å². The van der Waals surface area contributed by atoms with Gasteiger partial charge in [0, 0.05) is 24.0 Å². The first-order valence-corrected chi connectivity index (χ1v) is 8.82. The van der Waals surface area contributed by atoms with Gasteiger partial charge in [-0.15, -0.1) is 0 Å². The third-order valence-corrected chi connectivity index (χ3v) is 4.12. The van der Waals surface area contributed by atoms with Crippen LogP contribution in [0.25, 0.3) is 0 Å². The molecule has 2 N–H and O–H groups in total. The number of carbonyl (C=O) groups is 1. The van der Waals surface area contributed by atoms with Crippen LogP contribution in [0.2, 0.25) is 0 Å². The van der Waals surface area contributed by atoms with Crippen LogP contribution in [0.15, 0.2) is 72.9 Å². The highest BCUT2D eigenvalue weighted by molar-refractivity contribution is 5.94. The highest BCUT2D eigenvalue weighted by Gasteiger charge is 2.06. The normalized spacial score (nSPS) is 10.3. The Balaban J connectivity index is 1.52. The first-order chi connectivity index (χ1) is 12.7. The molecule has 0 spiro atoms. The van der Waals surface area contributed by atoms with Crippen LogP contribution in [0.5, 0.6) is 0 Å². The predicted octanol–water partition coefficient (Wildman–Crippen LogP) is 4.50. The summed E-state index contributed by atoms with van der Waals surface area (Å²) in [6, 6.07) is 21.8. The zero-order valence-electron chi connectivity index (χ0n) is 14.9. The van der Waals surface area contributed by atoms with Crippen LogP contribution in [-0.2, 0) is 6.42 Å². The minimum Gasteiger partial charge on any atom is -0.352 e. The molecule has 0 unspecified atom stereocenters. The lowest BCUT2D eigenvalue weighted by molar-refractivity contribution is 0.0953. The second-order valence-electron chi connectivity index (χ2n) is 6.27. The molecule has 4 nitrogen and oxygen atoms in total. The number of hydrogen-bond acceptors (Lipinski definition) is 3. The molecule has 0 saturated carbocycles. The van der Waals surface area contributed by atoms with Crippen LogP contribution in [-0.4, -0.2) is 17.4 Å². The Labute approximate surface area is 154 Å². The van der Waals surface area contributed by atoms with Gasteiger partial charge in [-0.2, -0.15) is 0 Å². The van der Waals surface area contributed by atoms with Crippen LogP contribution >= 0.6 is 0 Å². The van der Waals surface area contributed by atoms with E-state index in [1.165, 1.54) is 11.1 Å². The summed E-state index contributed by atoms with van der Waals surface area (Å²) in [5.41, 5.74) is 4.04. The minimum absolute atomic E-state index is 0.0765. The first kappa shape index (κ1) is 17.7. The van der Waals surface area contributed by atoms with Gasteiger partial charge in [-0.25, -0.2) is 4.98 Å². The summed E-state index contributed by atoms with van der Waals surface area (Å²) in [6.45, 7) is 2.70. The fraction of sp³-hybridized carbons (Fsp3) is 0.182. The van der Waals surface area contributed by atoms with Crippen molar-refractivity contribution in [3.63, 3.8) is 0 Å². The van der Waals surface area contributed by atoms with Crippen molar-refractivity contribution in [1.29, 1.82) is 0 Å². The van der Waals surface area contributed by atoms with Crippen molar-refractivity contribution in [2.75, 3.05) is 11.9 Å². The van der Waals surface area contributed by atoms with E-state index in [1.54, 1.807) is 18.3 Å². The molecule has 0 aliphatic heterocycles. The molecule has 0 aliphatic rings. The van der Waals surface area contributed by atoms with Crippen molar-refractivity contribution < 1.29 is 4.79 Å². The summed E-state index contributed by atoms with van der Waals surface area (Å²) in [7, 11) is 0. The SMILES string of the molecule is Cc1ccc(Nc2cc(C(=O)NCCCc3ccccc3)ccn2)cc1. The van der Waals surface area contributed by atoms with Crippen LogP contribution < -0.4 is 10.6 Å².